The van der Waals surface area contributed by atoms with Crippen molar-refractivity contribution in [2.24, 2.45) is 0 Å². The standard InChI is InChI=1S/C16H25N3O2/c1-3-4-6-11-18-16(21)9-12-19(14(2)20)13-15-8-5-7-10-17-15/h5,7-8,10H,3-4,6,9,11-13H2,1-2H3,(H,18,21). The number of unbranched alkanes of at least 4 members (excludes halogenated alkanes) is 2. The Kier molecular flexibility index (Phi) is 8.09. The summed E-state index contributed by atoms with van der Waals surface area (Å²) in [7, 11) is 0. The Morgan fingerprint density at radius 3 is 2.71 bits per heavy atom. The van der Waals surface area contributed by atoms with Gasteiger partial charge in [-0.25, -0.2) is 0 Å². The smallest absolute Gasteiger partial charge is 0.221 e. The highest BCUT2D eigenvalue weighted by Crippen LogP contribution is 2.03. The molecule has 0 aliphatic heterocycles. The van der Waals surface area contributed by atoms with Gasteiger partial charge in [-0.1, -0.05) is 25.8 Å². The lowest BCUT2D eigenvalue weighted by molar-refractivity contribution is -0.130. The quantitative estimate of drug-likeness (QED) is 0.709. The Bertz CT molecular complexity index is 434. The molecule has 21 heavy (non-hydrogen) atoms. The molecule has 0 saturated heterocycles. The molecule has 5 heteroatoms. The fourth-order valence-electron chi connectivity index (χ4n) is 1.96. The topological polar surface area (TPSA) is 62.3 Å². The highest BCUT2D eigenvalue weighted by molar-refractivity contribution is 5.77. The van der Waals surface area contributed by atoms with E-state index in [9.17, 15) is 9.59 Å². The van der Waals surface area contributed by atoms with Gasteiger partial charge in [0.15, 0.2) is 0 Å². The zero-order valence-electron chi connectivity index (χ0n) is 13.0. The first-order valence-corrected chi connectivity index (χ1v) is 7.55. The van der Waals surface area contributed by atoms with Crippen LogP contribution in [0, 0.1) is 0 Å². The Morgan fingerprint density at radius 2 is 2.10 bits per heavy atom. The minimum atomic E-state index is -0.0422. The van der Waals surface area contributed by atoms with E-state index >= 15 is 0 Å². The van der Waals surface area contributed by atoms with Crippen molar-refractivity contribution in [1.82, 2.24) is 15.2 Å². The molecule has 0 aliphatic rings. The van der Waals surface area contributed by atoms with E-state index in [1.165, 1.54) is 6.92 Å². The van der Waals surface area contributed by atoms with Crippen molar-refractivity contribution in [3.63, 3.8) is 0 Å². The van der Waals surface area contributed by atoms with Gasteiger partial charge in [0.25, 0.3) is 0 Å². The lowest BCUT2D eigenvalue weighted by atomic mass is 10.2. The third-order valence-electron chi connectivity index (χ3n) is 3.24. The largest absolute Gasteiger partial charge is 0.356 e. The molecule has 0 atom stereocenters. The monoisotopic (exact) mass is 291 g/mol. The van der Waals surface area contributed by atoms with Crippen LogP contribution in [0.15, 0.2) is 24.4 Å². The first kappa shape index (κ1) is 17.1. The molecule has 0 unspecified atom stereocenters. The van der Waals surface area contributed by atoms with Crippen LogP contribution in [0.2, 0.25) is 0 Å². The Labute approximate surface area is 126 Å². The maximum Gasteiger partial charge on any atom is 0.221 e. The van der Waals surface area contributed by atoms with Gasteiger partial charge in [-0.05, 0) is 18.6 Å². The maximum atomic E-state index is 11.7. The molecule has 0 radical (unpaired) electrons. The summed E-state index contributed by atoms with van der Waals surface area (Å²) in [5, 5.41) is 2.88. The predicted octanol–water partition coefficient (Wildman–Crippen LogP) is 2.13. The molecule has 1 heterocycles. The van der Waals surface area contributed by atoms with Crippen LogP contribution in [0.5, 0.6) is 0 Å². The summed E-state index contributed by atoms with van der Waals surface area (Å²) in [4.78, 5) is 29.2. The van der Waals surface area contributed by atoms with Crippen molar-refractivity contribution in [2.75, 3.05) is 13.1 Å². The molecule has 0 aliphatic carbocycles. The summed E-state index contributed by atoms with van der Waals surface area (Å²) < 4.78 is 0. The Hall–Kier alpha value is -1.91. The number of pyridine rings is 1. The van der Waals surface area contributed by atoms with E-state index in [4.69, 9.17) is 0 Å². The molecule has 1 aromatic rings. The second-order valence-corrected chi connectivity index (χ2v) is 5.07. The number of carbonyl (C=O) groups is 2. The highest BCUT2D eigenvalue weighted by Gasteiger charge is 2.12. The molecule has 5 nitrogen and oxygen atoms in total. The number of carbonyl (C=O) groups excluding carboxylic acids is 2. The van der Waals surface area contributed by atoms with E-state index in [2.05, 4.69) is 17.2 Å². The van der Waals surface area contributed by atoms with Crippen molar-refractivity contribution >= 4 is 11.8 Å². The first-order chi connectivity index (χ1) is 10.1. The van der Waals surface area contributed by atoms with E-state index in [1.54, 1.807) is 11.1 Å². The van der Waals surface area contributed by atoms with E-state index in [0.717, 1.165) is 25.0 Å². The van der Waals surface area contributed by atoms with Crippen molar-refractivity contribution < 1.29 is 9.59 Å². The van der Waals surface area contributed by atoms with Gasteiger partial charge in [0, 0.05) is 32.6 Å². The van der Waals surface area contributed by atoms with E-state index in [0.29, 0.717) is 26.1 Å². The molecular weight excluding hydrogens is 266 g/mol. The highest BCUT2D eigenvalue weighted by atomic mass is 16.2. The van der Waals surface area contributed by atoms with Crippen LogP contribution in [0.4, 0.5) is 0 Å². The van der Waals surface area contributed by atoms with Crippen molar-refractivity contribution in [3.8, 4) is 0 Å². The van der Waals surface area contributed by atoms with Gasteiger partial charge in [0.1, 0.15) is 0 Å². The van der Waals surface area contributed by atoms with Crippen molar-refractivity contribution in [1.29, 1.82) is 0 Å². The summed E-state index contributed by atoms with van der Waals surface area (Å²) in [6, 6.07) is 5.60. The summed E-state index contributed by atoms with van der Waals surface area (Å²) in [5.74, 6) is -0.0437. The van der Waals surface area contributed by atoms with Gasteiger partial charge in [0.05, 0.1) is 12.2 Å². The average molecular weight is 291 g/mol. The van der Waals surface area contributed by atoms with Gasteiger partial charge < -0.3 is 10.2 Å². The molecule has 0 spiro atoms. The van der Waals surface area contributed by atoms with Crippen LogP contribution in [0.3, 0.4) is 0 Å². The van der Waals surface area contributed by atoms with Gasteiger partial charge in [0.2, 0.25) is 11.8 Å². The van der Waals surface area contributed by atoms with Gasteiger partial charge in [-0.15, -0.1) is 0 Å². The van der Waals surface area contributed by atoms with Crippen LogP contribution in [-0.2, 0) is 16.1 Å². The SMILES string of the molecule is CCCCCNC(=O)CCN(Cc1ccccn1)C(C)=O. The summed E-state index contributed by atoms with van der Waals surface area (Å²) in [6.07, 6.45) is 5.30. The number of amides is 2. The third kappa shape index (κ3) is 7.44. The fourth-order valence-corrected chi connectivity index (χ4v) is 1.96. The number of hydrogen-bond donors (Lipinski definition) is 1. The molecule has 1 N–H and O–H groups in total. The molecule has 116 valence electrons. The van der Waals surface area contributed by atoms with Crippen molar-refractivity contribution in [3.05, 3.63) is 30.1 Å². The van der Waals surface area contributed by atoms with Crippen LogP contribution in [-0.4, -0.2) is 34.8 Å². The Morgan fingerprint density at radius 1 is 1.29 bits per heavy atom. The minimum Gasteiger partial charge on any atom is -0.356 e. The molecular formula is C16H25N3O2. The number of nitrogens with zero attached hydrogens (tertiary/aromatic N) is 2. The van der Waals surface area contributed by atoms with Crippen molar-refractivity contribution in [2.45, 2.75) is 46.1 Å². The lowest BCUT2D eigenvalue weighted by Gasteiger charge is -2.20. The molecule has 0 aromatic carbocycles. The second-order valence-electron chi connectivity index (χ2n) is 5.07. The lowest BCUT2D eigenvalue weighted by Crippen LogP contribution is -2.34. The summed E-state index contributed by atoms with van der Waals surface area (Å²) >= 11 is 0. The van der Waals surface area contributed by atoms with Gasteiger partial charge in [-0.3, -0.25) is 14.6 Å². The zero-order valence-corrected chi connectivity index (χ0v) is 13.0. The number of nitrogens with one attached hydrogen (secondary N) is 1. The number of aromatic nitrogens is 1. The Balaban J connectivity index is 2.34. The van der Waals surface area contributed by atoms with Gasteiger partial charge >= 0.3 is 0 Å². The number of rotatable bonds is 9. The maximum absolute atomic E-state index is 11.7. The minimum absolute atomic E-state index is 0.00151. The predicted molar refractivity (Wildman–Crippen MR) is 82.5 cm³/mol. The first-order valence-electron chi connectivity index (χ1n) is 7.55. The molecule has 0 fully saturated rings. The third-order valence-corrected chi connectivity index (χ3v) is 3.24. The molecule has 0 saturated carbocycles. The molecule has 0 bridgehead atoms. The number of hydrogen-bond acceptors (Lipinski definition) is 3. The van der Waals surface area contributed by atoms with E-state index in [-0.39, 0.29) is 11.8 Å². The normalized spacial score (nSPS) is 10.2. The summed E-state index contributed by atoms with van der Waals surface area (Å²) in [5.41, 5.74) is 0.830. The van der Waals surface area contributed by atoms with Gasteiger partial charge in [-0.2, -0.15) is 0 Å². The molecule has 1 aromatic heterocycles. The van der Waals surface area contributed by atoms with Crippen LogP contribution >= 0.6 is 0 Å². The van der Waals surface area contributed by atoms with Crippen LogP contribution in [0.25, 0.3) is 0 Å². The molecule has 1 rings (SSSR count). The van der Waals surface area contributed by atoms with E-state index < -0.39 is 0 Å². The summed E-state index contributed by atoms with van der Waals surface area (Å²) in [6.45, 7) is 5.23. The van der Waals surface area contributed by atoms with E-state index in [1.807, 2.05) is 18.2 Å². The van der Waals surface area contributed by atoms with Crippen LogP contribution in [0.1, 0.15) is 45.2 Å². The zero-order chi connectivity index (χ0) is 15.5. The average Bonchev–Trinajstić information content (AvgIpc) is 2.48. The van der Waals surface area contributed by atoms with Crippen LogP contribution < -0.4 is 5.32 Å². The second kappa shape index (κ2) is 9.91. The fraction of sp³-hybridized carbons (Fsp3) is 0.562. The molecule has 2 amide bonds.